The molecule has 0 spiro atoms. The molecule has 3 nitrogen and oxygen atoms in total. The molecule has 1 atom stereocenters. The van der Waals surface area contributed by atoms with E-state index in [9.17, 15) is 0 Å². The van der Waals surface area contributed by atoms with Crippen LogP contribution in [0.2, 0.25) is 0 Å². The van der Waals surface area contributed by atoms with Gasteiger partial charge in [-0.25, -0.2) is 0 Å². The zero-order valence-electron chi connectivity index (χ0n) is 13.0. The molecule has 0 radical (unpaired) electrons. The highest BCUT2D eigenvalue weighted by Crippen LogP contribution is 2.25. The van der Waals surface area contributed by atoms with Gasteiger partial charge in [0.25, 0.3) is 0 Å². The second kappa shape index (κ2) is 7.77. The molecular formula is C17H28N2O. The third kappa shape index (κ3) is 3.81. The van der Waals surface area contributed by atoms with Gasteiger partial charge in [0, 0.05) is 25.7 Å². The monoisotopic (exact) mass is 276 g/mol. The van der Waals surface area contributed by atoms with Crippen molar-refractivity contribution in [1.29, 1.82) is 0 Å². The number of hydrogen-bond acceptors (Lipinski definition) is 3. The number of benzene rings is 1. The summed E-state index contributed by atoms with van der Waals surface area (Å²) in [5.74, 6) is 0. The van der Waals surface area contributed by atoms with Gasteiger partial charge in [0.2, 0.25) is 0 Å². The van der Waals surface area contributed by atoms with Gasteiger partial charge in [0.1, 0.15) is 0 Å². The Bertz CT molecular complexity index is 372. The smallest absolute Gasteiger partial charge is 0.0601 e. The average Bonchev–Trinajstić information content (AvgIpc) is 2.46. The van der Waals surface area contributed by atoms with Gasteiger partial charge in [-0.2, -0.15) is 0 Å². The first-order valence-electron chi connectivity index (χ1n) is 7.83. The van der Waals surface area contributed by atoms with E-state index >= 15 is 0 Å². The molecule has 0 aromatic heterocycles. The van der Waals surface area contributed by atoms with Gasteiger partial charge in [0.15, 0.2) is 0 Å². The maximum Gasteiger partial charge on any atom is 0.0601 e. The summed E-state index contributed by atoms with van der Waals surface area (Å²) in [6, 6.07) is 11.9. The Morgan fingerprint density at radius 2 is 1.85 bits per heavy atom. The van der Waals surface area contributed by atoms with Crippen molar-refractivity contribution in [2.75, 3.05) is 26.7 Å². The fraction of sp³-hybridized carbons (Fsp3) is 0.647. The summed E-state index contributed by atoms with van der Waals surface area (Å²) in [5.41, 5.74) is 1.41. The summed E-state index contributed by atoms with van der Waals surface area (Å²) in [4.78, 5) is 2.52. The standard InChI is InChI=1S/C17H28N2O/c1-4-19(5-2)17(14-9-7-6-8-10-14)13-18-15-11-16(12-15)20-3/h6-10,15-18H,4-5,11-13H2,1-3H3. The molecule has 1 saturated carbocycles. The van der Waals surface area contributed by atoms with Gasteiger partial charge >= 0.3 is 0 Å². The van der Waals surface area contributed by atoms with Gasteiger partial charge in [-0.1, -0.05) is 44.2 Å². The Kier molecular flexibility index (Phi) is 6.02. The molecule has 1 aliphatic carbocycles. The minimum Gasteiger partial charge on any atom is -0.381 e. The van der Waals surface area contributed by atoms with Gasteiger partial charge in [0.05, 0.1) is 6.10 Å². The highest BCUT2D eigenvalue weighted by Gasteiger charge is 2.29. The van der Waals surface area contributed by atoms with Gasteiger partial charge in [-0.3, -0.25) is 4.90 Å². The number of hydrogen-bond donors (Lipinski definition) is 1. The Labute approximate surface area is 123 Å². The van der Waals surface area contributed by atoms with Crippen LogP contribution in [0.4, 0.5) is 0 Å². The van der Waals surface area contributed by atoms with Gasteiger partial charge < -0.3 is 10.1 Å². The first-order chi connectivity index (χ1) is 9.78. The number of ether oxygens (including phenoxy) is 1. The van der Waals surface area contributed by atoms with Crippen LogP contribution in [0.5, 0.6) is 0 Å². The topological polar surface area (TPSA) is 24.5 Å². The Hall–Kier alpha value is -0.900. The molecule has 1 unspecified atom stereocenters. The van der Waals surface area contributed by atoms with Crippen molar-refractivity contribution < 1.29 is 4.74 Å². The third-order valence-corrected chi connectivity index (χ3v) is 4.47. The zero-order chi connectivity index (χ0) is 14.4. The zero-order valence-corrected chi connectivity index (χ0v) is 13.0. The second-order valence-corrected chi connectivity index (χ2v) is 5.58. The number of rotatable bonds is 8. The molecular weight excluding hydrogens is 248 g/mol. The number of nitrogens with zero attached hydrogens (tertiary/aromatic N) is 1. The summed E-state index contributed by atoms with van der Waals surface area (Å²) in [5, 5.41) is 3.71. The molecule has 1 fully saturated rings. The molecule has 0 heterocycles. The van der Waals surface area contributed by atoms with Gasteiger partial charge in [-0.15, -0.1) is 0 Å². The molecule has 3 heteroatoms. The summed E-state index contributed by atoms with van der Waals surface area (Å²) in [7, 11) is 1.81. The summed E-state index contributed by atoms with van der Waals surface area (Å²) in [6.07, 6.45) is 2.77. The quantitative estimate of drug-likeness (QED) is 0.790. The van der Waals surface area contributed by atoms with Crippen LogP contribution in [-0.4, -0.2) is 43.8 Å². The number of methoxy groups -OCH3 is 1. The molecule has 0 amide bonds. The van der Waals surface area contributed by atoms with E-state index in [1.165, 1.54) is 5.56 Å². The normalized spacial score (nSPS) is 23.6. The molecule has 1 N–H and O–H groups in total. The minimum atomic E-state index is 0.466. The van der Waals surface area contributed by atoms with Crippen molar-refractivity contribution in [3.8, 4) is 0 Å². The largest absolute Gasteiger partial charge is 0.381 e. The van der Waals surface area contributed by atoms with E-state index in [0.717, 1.165) is 32.5 Å². The maximum absolute atomic E-state index is 5.35. The lowest BCUT2D eigenvalue weighted by atomic mass is 9.89. The molecule has 2 rings (SSSR count). The first-order valence-corrected chi connectivity index (χ1v) is 7.83. The van der Waals surface area contributed by atoms with E-state index in [1.807, 2.05) is 7.11 Å². The molecule has 112 valence electrons. The van der Waals surface area contributed by atoms with Crippen molar-refractivity contribution in [3.05, 3.63) is 35.9 Å². The first kappa shape index (κ1) is 15.5. The Balaban J connectivity index is 1.93. The molecule has 0 saturated heterocycles. The van der Waals surface area contributed by atoms with E-state index in [2.05, 4.69) is 54.4 Å². The predicted molar refractivity (Wildman–Crippen MR) is 83.9 cm³/mol. The van der Waals surface area contributed by atoms with Crippen molar-refractivity contribution in [3.63, 3.8) is 0 Å². The molecule has 0 bridgehead atoms. The fourth-order valence-electron chi connectivity index (χ4n) is 3.00. The van der Waals surface area contributed by atoms with Crippen LogP contribution >= 0.6 is 0 Å². The Morgan fingerprint density at radius 1 is 1.20 bits per heavy atom. The lowest BCUT2D eigenvalue weighted by Gasteiger charge is -2.37. The summed E-state index contributed by atoms with van der Waals surface area (Å²) in [6.45, 7) is 7.67. The van der Waals surface area contributed by atoms with E-state index in [4.69, 9.17) is 4.74 Å². The third-order valence-electron chi connectivity index (χ3n) is 4.47. The van der Waals surface area contributed by atoms with Crippen LogP contribution in [0, 0.1) is 0 Å². The lowest BCUT2D eigenvalue weighted by Crippen LogP contribution is -2.48. The van der Waals surface area contributed by atoms with E-state index in [0.29, 0.717) is 18.2 Å². The van der Waals surface area contributed by atoms with Crippen LogP contribution in [0.1, 0.15) is 38.3 Å². The van der Waals surface area contributed by atoms with Crippen molar-refractivity contribution in [1.82, 2.24) is 10.2 Å². The van der Waals surface area contributed by atoms with Gasteiger partial charge in [-0.05, 0) is 31.5 Å². The van der Waals surface area contributed by atoms with Crippen molar-refractivity contribution >= 4 is 0 Å². The second-order valence-electron chi connectivity index (χ2n) is 5.58. The van der Waals surface area contributed by atoms with Crippen molar-refractivity contribution in [2.24, 2.45) is 0 Å². The van der Waals surface area contributed by atoms with Crippen LogP contribution in [0.15, 0.2) is 30.3 Å². The summed E-state index contributed by atoms with van der Waals surface area (Å²) < 4.78 is 5.35. The van der Waals surface area contributed by atoms with E-state index < -0.39 is 0 Å². The number of nitrogens with one attached hydrogen (secondary N) is 1. The SMILES string of the molecule is CCN(CC)C(CNC1CC(OC)C1)c1ccccc1. The average molecular weight is 276 g/mol. The minimum absolute atomic E-state index is 0.466. The maximum atomic E-state index is 5.35. The van der Waals surface area contributed by atoms with Crippen LogP contribution in [0.3, 0.4) is 0 Å². The molecule has 1 aromatic carbocycles. The number of likely N-dealkylation sites (N-methyl/N-ethyl adjacent to an activating group) is 1. The molecule has 20 heavy (non-hydrogen) atoms. The van der Waals surface area contributed by atoms with E-state index in [1.54, 1.807) is 0 Å². The molecule has 1 aromatic rings. The van der Waals surface area contributed by atoms with Crippen LogP contribution in [0.25, 0.3) is 0 Å². The highest BCUT2D eigenvalue weighted by atomic mass is 16.5. The lowest BCUT2D eigenvalue weighted by molar-refractivity contribution is 0.0153. The predicted octanol–water partition coefficient (Wildman–Crippen LogP) is 2.84. The highest BCUT2D eigenvalue weighted by molar-refractivity contribution is 5.19. The molecule has 0 aliphatic heterocycles. The molecule has 1 aliphatic rings. The van der Waals surface area contributed by atoms with Crippen LogP contribution < -0.4 is 5.32 Å². The van der Waals surface area contributed by atoms with Crippen LogP contribution in [-0.2, 0) is 4.74 Å². The summed E-state index contributed by atoms with van der Waals surface area (Å²) >= 11 is 0. The van der Waals surface area contributed by atoms with Crippen molar-refractivity contribution in [2.45, 2.75) is 44.9 Å². The van der Waals surface area contributed by atoms with E-state index in [-0.39, 0.29) is 0 Å². The fourth-order valence-corrected chi connectivity index (χ4v) is 3.00. The Morgan fingerprint density at radius 3 is 2.40 bits per heavy atom.